The summed E-state index contributed by atoms with van der Waals surface area (Å²) in [7, 11) is 0. The van der Waals surface area contributed by atoms with E-state index < -0.39 is 0 Å². The molecule has 0 aromatic rings. The normalized spacial score (nSPS) is 14.6. The van der Waals surface area contributed by atoms with E-state index in [1.54, 1.807) is 6.92 Å². The average Bonchev–Trinajstić information content (AvgIpc) is 1.86. The minimum Gasteiger partial charge on any atom is -0.375 e. The summed E-state index contributed by atoms with van der Waals surface area (Å²) in [4.78, 5) is 11.0. The molecule has 11 heavy (non-hydrogen) atoms. The molecule has 0 aliphatic carbocycles. The Kier molecular flexibility index (Phi) is 3.73. The Labute approximate surface area is 68.9 Å². The van der Waals surface area contributed by atoms with Gasteiger partial charge in [0.05, 0.1) is 5.60 Å². The molecule has 0 aliphatic rings. The predicted molar refractivity (Wildman–Crippen MR) is 45.6 cm³/mol. The van der Waals surface area contributed by atoms with Crippen LogP contribution in [0.25, 0.3) is 0 Å². The van der Waals surface area contributed by atoms with E-state index in [0.717, 1.165) is 0 Å². The Morgan fingerprint density at radius 3 is 2.27 bits per heavy atom. The molecule has 0 aromatic carbocycles. The van der Waals surface area contributed by atoms with Gasteiger partial charge in [0.15, 0.2) is 0 Å². The summed E-state index contributed by atoms with van der Waals surface area (Å²) in [5.74, 6) is 0.158. The van der Waals surface area contributed by atoms with Gasteiger partial charge in [-0.25, -0.2) is 0 Å². The smallest absolute Gasteiger partial charge is 0.135 e. The summed E-state index contributed by atoms with van der Waals surface area (Å²) < 4.78 is 5.43. The van der Waals surface area contributed by atoms with Gasteiger partial charge < -0.3 is 4.74 Å². The second-order valence-electron chi connectivity index (χ2n) is 3.37. The topological polar surface area (TPSA) is 26.3 Å². The Bertz CT molecular complexity index is 138. The number of hydrogen-bond acceptors (Lipinski definition) is 2. The van der Waals surface area contributed by atoms with Crippen LogP contribution in [0.3, 0.4) is 0 Å². The molecule has 66 valence electrons. The van der Waals surface area contributed by atoms with Crippen LogP contribution in [0, 0.1) is 5.92 Å². The summed E-state index contributed by atoms with van der Waals surface area (Å²) in [5.41, 5.74) is -0.319. The van der Waals surface area contributed by atoms with Gasteiger partial charge >= 0.3 is 0 Å². The second-order valence-corrected chi connectivity index (χ2v) is 3.37. The number of carbonyl (C=O) groups is 1. The van der Waals surface area contributed by atoms with Gasteiger partial charge in [-0.3, -0.25) is 4.79 Å². The number of Topliss-reactive ketones (excluding diaryl/α,β-unsaturated/α-hetero) is 1. The summed E-state index contributed by atoms with van der Waals surface area (Å²) in [6, 6.07) is 0. The van der Waals surface area contributed by atoms with Crippen LogP contribution in [0.4, 0.5) is 0 Å². The van der Waals surface area contributed by atoms with Gasteiger partial charge in [0.1, 0.15) is 5.78 Å². The standard InChI is InChI=1S/C9H18O2/c1-6-11-9(4,5)7(2)8(3)10/h7H,6H2,1-5H3. The van der Waals surface area contributed by atoms with E-state index >= 15 is 0 Å². The molecule has 2 heteroatoms. The Morgan fingerprint density at radius 1 is 1.55 bits per heavy atom. The van der Waals surface area contributed by atoms with Crippen molar-refractivity contribution in [3.63, 3.8) is 0 Å². The molecule has 0 aliphatic heterocycles. The van der Waals surface area contributed by atoms with E-state index in [2.05, 4.69) is 0 Å². The number of ether oxygens (including phenoxy) is 1. The van der Waals surface area contributed by atoms with Crippen molar-refractivity contribution in [2.75, 3.05) is 6.61 Å². The molecule has 0 saturated heterocycles. The molecule has 0 bridgehead atoms. The molecule has 0 heterocycles. The highest BCUT2D eigenvalue weighted by Gasteiger charge is 2.29. The number of ketones is 1. The van der Waals surface area contributed by atoms with Crippen LogP contribution in [0.1, 0.15) is 34.6 Å². The number of hydrogen-bond donors (Lipinski definition) is 0. The molecular weight excluding hydrogens is 140 g/mol. The highest BCUT2D eigenvalue weighted by molar-refractivity contribution is 5.79. The van der Waals surface area contributed by atoms with Crippen LogP contribution in [0.5, 0.6) is 0 Å². The van der Waals surface area contributed by atoms with Gasteiger partial charge in [-0.05, 0) is 27.7 Å². The maximum absolute atomic E-state index is 11.0. The van der Waals surface area contributed by atoms with Crippen LogP contribution >= 0.6 is 0 Å². The molecule has 0 saturated carbocycles. The largest absolute Gasteiger partial charge is 0.375 e. The zero-order chi connectivity index (χ0) is 9.07. The molecule has 2 nitrogen and oxygen atoms in total. The van der Waals surface area contributed by atoms with E-state index in [0.29, 0.717) is 6.61 Å². The van der Waals surface area contributed by atoms with Crippen molar-refractivity contribution >= 4 is 5.78 Å². The van der Waals surface area contributed by atoms with Gasteiger partial charge in [0, 0.05) is 12.5 Å². The van der Waals surface area contributed by atoms with Gasteiger partial charge in [-0.1, -0.05) is 6.92 Å². The molecule has 0 N–H and O–H groups in total. The fourth-order valence-electron chi connectivity index (χ4n) is 0.987. The quantitative estimate of drug-likeness (QED) is 0.625. The van der Waals surface area contributed by atoms with E-state index in [1.807, 2.05) is 27.7 Å². The monoisotopic (exact) mass is 158 g/mol. The maximum Gasteiger partial charge on any atom is 0.135 e. The summed E-state index contributed by atoms with van der Waals surface area (Å²) >= 11 is 0. The summed E-state index contributed by atoms with van der Waals surface area (Å²) in [5, 5.41) is 0. The molecule has 1 unspecified atom stereocenters. The molecule has 0 rings (SSSR count). The Balaban J connectivity index is 4.16. The molecule has 0 radical (unpaired) electrons. The lowest BCUT2D eigenvalue weighted by atomic mass is 9.89. The third kappa shape index (κ3) is 3.02. The molecule has 0 aromatic heterocycles. The highest BCUT2D eigenvalue weighted by atomic mass is 16.5. The third-order valence-electron chi connectivity index (χ3n) is 2.17. The van der Waals surface area contributed by atoms with Crippen molar-refractivity contribution < 1.29 is 9.53 Å². The van der Waals surface area contributed by atoms with Gasteiger partial charge in [-0.2, -0.15) is 0 Å². The molecule has 0 spiro atoms. The van der Waals surface area contributed by atoms with Crippen molar-refractivity contribution in [2.24, 2.45) is 5.92 Å². The Hall–Kier alpha value is -0.370. The fraction of sp³-hybridized carbons (Fsp3) is 0.889. The molecule has 0 amide bonds. The predicted octanol–water partition coefficient (Wildman–Crippen LogP) is 2.03. The fourth-order valence-corrected chi connectivity index (χ4v) is 0.987. The van der Waals surface area contributed by atoms with Crippen molar-refractivity contribution in [2.45, 2.75) is 40.2 Å². The van der Waals surface area contributed by atoms with Crippen molar-refractivity contribution in [1.82, 2.24) is 0 Å². The van der Waals surface area contributed by atoms with Gasteiger partial charge in [0.25, 0.3) is 0 Å². The van der Waals surface area contributed by atoms with E-state index in [4.69, 9.17) is 4.74 Å². The van der Waals surface area contributed by atoms with E-state index in [-0.39, 0.29) is 17.3 Å². The first kappa shape index (κ1) is 10.6. The van der Waals surface area contributed by atoms with Crippen LogP contribution in [0.2, 0.25) is 0 Å². The zero-order valence-corrected chi connectivity index (χ0v) is 8.10. The first-order valence-corrected chi connectivity index (χ1v) is 4.06. The lowest BCUT2D eigenvalue weighted by molar-refractivity contribution is -0.131. The molecule has 1 atom stereocenters. The first-order chi connectivity index (χ1) is 4.91. The first-order valence-electron chi connectivity index (χ1n) is 4.06. The lowest BCUT2D eigenvalue weighted by Crippen LogP contribution is -2.36. The Morgan fingerprint density at radius 2 is 2.00 bits per heavy atom. The number of rotatable bonds is 4. The van der Waals surface area contributed by atoms with Crippen LogP contribution in [-0.4, -0.2) is 18.0 Å². The van der Waals surface area contributed by atoms with Crippen molar-refractivity contribution in [3.8, 4) is 0 Å². The van der Waals surface area contributed by atoms with Crippen molar-refractivity contribution in [1.29, 1.82) is 0 Å². The SMILES string of the molecule is CCOC(C)(C)C(C)C(C)=O. The minimum absolute atomic E-state index is 0.0255. The minimum atomic E-state index is -0.319. The highest BCUT2D eigenvalue weighted by Crippen LogP contribution is 2.21. The van der Waals surface area contributed by atoms with Crippen molar-refractivity contribution in [3.05, 3.63) is 0 Å². The lowest BCUT2D eigenvalue weighted by Gasteiger charge is -2.29. The third-order valence-corrected chi connectivity index (χ3v) is 2.17. The van der Waals surface area contributed by atoms with Gasteiger partial charge in [-0.15, -0.1) is 0 Å². The van der Waals surface area contributed by atoms with E-state index in [1.165, 1.54) is 0 Å². The molecule has 0 fully saturated rings. The van der Waals surface area contributed by atoms with Crippen LogP contribution < -0.4 is 0 Å². The summed E-state index contributed by atoms with van der Waals surface area (Å²) in [6.45, 7) is 9.99. The van der Waals surface area contributed by atoms with E-state index in [9.17, 15) is 4.79 Å². The number of carbonyl (C=O) groups excluding carboxylic acids is 1. The second kappa shape index (κ2) is 3.86. The summed E-state index contributed by atoms with van der Waals surface area (Å²) in [6.07, 6.45) is 0. The maximum atomic E-state index is 11.0. The van der Waals surface area contributed by atoms with Crippen LogP contribution in [-0.2, 0) is 9.53 Å². The average molecular weight is 158 g/mol. The van der Waals surface area contributed by atoms with Gasteiger partial charge in [0.2, 0.25) is 0 Å². The molecular formula is C9H18O2. The zero-order valence-electron chi connectivity index (χ0n) is 8.10. The van der Waals surface area contributed by atoms with Crippen LogP contribution in [0.15, 0.2) is 0 Å².